The first-order valence-corrected chi connectivity index (χ1v) is 20.9. The molecule has 0 spiro atoms. The van der Waals surface area contributed by atoms with Crippen molar-refractivity contribution in [3.63, 3.8) is 0 Å². The third kappa shape index (κ3) is 9.52. The van der Waals surface area contributed by atoms with E-state index in [1.54, 1.807) is 21.6 Å². The number of rotatable bonds is 8. The summed E-state index contributed by atoms with van der Waals surface area (Å²) in [4.78, 5) is 25.0. The van der Waals surface area contributed by atoms with Crippen molar-refractivity contribution in [2.45, 2.75) is 64.3 Å². The molecule has 2 aliphatic rings. The Morgan fingerprint density at radius 1 is 0.793 bits per heavy atom. The predicted octanol–water partition coefficient (Wildman–Crippen LogP) is 3.87. The minimum absolute atomic E-state index is 0.0816. The molecule has 0 saturated heterocycles. The molecule has 0 bridgehead atoms. The van der Waals surface area contributed by atoms with Crippen LogP contribution in [0, 0.1) is 10.8 Å². The van der Waals surface area contributed by atoms with Crippen LogP contribution >= 0.6 is 47.2 Å². The van der Waals surface area contributed by atoms with Crippen molar-refractivity contribution in [3.05, 3.63) is 0 Å². The molecule has 0 radical (unpaired) electrons. The van der Waals surface area contributed by atoms with E-state index in [0.717, 1.165) is 61.0 Å². The smallest absolute Gasteiger partial charge is 0.140 e. The van der Waals surface area contributed by atoms with E-state index in [-0.39, 0.29) is 10.8 Å². The monoisotopic (exact) mass is 538 g/mol. The lowest BCUT2D eigenvalue weighted by atomic mass is 9.87. The third-order valence-corrected chi connectivity index (χ3v) is 24.7. The first-order valence-electron chi connectivity index (χ1n) is 10.1. The van der Waals surface area contributed by atoms with Gasteiger partial charge in [0.1, 0.15) is 23.2 Å². The molecule has 0 aromatic carbocycles. The molecule has 29 heavy (non-hydrogen) atoms. The Morgan fingerprint density at radius 3 is 1.55 bits per heavy atom. The van der Waals surface area contributed by atoms with Crippen molar-refractivity contribution in [1.29, 1.82) is 0 Å². The molecular formula is C18H36O4P2S5. The standard InChI is InChI=1S/C18H36O4P2S5/c1-17(2)5-7-23(21)28(15(19)13-17)26-11-9-25-10-12-27-29-16(20)14-18(3,4)6-8-24(29)22/h15-16,19-20H,5-14H2,1-4H3. The zero-order valence-electron chi connectivity index (χ0n) is 17.9. The number of aliphatic hydroxyl groups is 2. The second kappa shape index (κ2) is 12.6. The van der Waals surface area contributed by atoms with Crippen molar-refractivity contribution in [2.75, 3.05) is 35.3 Å². The van der Waals surface area contributed by atoms with Crippen LogP contribution in [0.4, 0.5) is 0 Å². The van der Waals surface area contributed by atoms with Gasteiger partial charge in [-0.25, -0.2) is 0 Å². The van der Waals surface area contributed by atoms with Gasteiger partial charge < -0.3 is 20.0 Å². The molecule has 2 aliphatic heterocycles. The van der Waals surface area contributed by atoms with E-state index in [0.29, 0.717) is 0 Å². The van der Waals surface area contributed by atoms with Crippen molar-refractivity contribution < 1.29 is 20.0 Å². The van der Waals surface area contributed by atoms with Gasteiger partial charge in [-0.1, -0.05) is 49.3 Å². The Hall–Kier alpha value is 2.19. The summed E-state index contributed by atoms with van der Waals surface area (Å²) in [6.07, 6.45) is 4.82. The average Bonchev–Trinajstić information content (AvgIpc) is 2.77. The van der Waals surface area contributed by atoms with Crippen molar-refractivity contribution in [3.8, 4) is 0 Å². The predicted molar refractivity (Wildman–Crippen MR) is 139 cm³/mol. The molecule has 0 aliphatic carbocycles. The van der Waals surface area contributed by atoms with Crippen molar-refractivity contribution >= 4 is 65.4 Å². The quantitative estimate of drug-likeness (QED) is 0.276. The van der Waals surface area contributed by atoms with E-state index in [1.165, 1.54) is 0 Å². The largest absolute Gasteiger partial charge is 0.624 e. The van der Waals surface area contributed by atoms with Crippen molar-refractivity contribution in [1.82, 2.24) is 0 Å². The van der Waals surface area contributed by atoms with Crippen LogP contribution in [-0.2, 0) is 18.2 Å². The zero-order chi connectivity index (χ0) is 21.7. The minimum Gasteiger partial charge on any atom is -0.624 e. The molecule has 0 fully saturated rings. The van der Waals surface area contributed by atoms with Gasteiger partial charge in [-0.05, 0) is 36.5 Å². The van der Waals surface area contributed by atoms with Crippen LogP contribution in [0.15, 0.2) is 0 Å². The fourth-order valence-corrected chi connectivity index (χ4v) is 22.3. The average molecular weight is 539 g/mol. The number of hydrogen-bond donors (Lipinski definition) is 2. The summed E-state index contributed by atoms with van der Waals surface area (Å²) in [6, 6.07) is 0. The molecule has 4 nitrogen and oxygen atoms in total. The lowest BCUT2D eigenvalue weighted by Crippen LogP contribution is -2.21. The normalized spacial score (nSPS) is 35.2. The van der Waals surface area contributed by atoms with Crippen LogP contribution < -0.4 is 9.79 Å². The molecule has 0 saturated carbocycles. The first kappa shape index (κ1) is 27.4. The summed E-state index contributed by atoms with van der Waals surface area (Å²) in [6.45, 7) is 5.99. The van der Waals surface area contributed by atoms with Gasteiger partial charge in [0.25, 0.3) is 0 Å². The summed E-state index contributed by atoms with van der Waals surface area (Å²) in [5.74, 6) is 3.77. The van der Waals surface area contributed by atoms with Gasteiger partial charge in [-0.15, -0.1) is 0 Å². The Morgan fingerprint density at radius 2 is 1.17 bits per heavy atom. The van der Waals surface area contributed by atoms with Gasteiger partial charge in [0.05, 0.1) is 32.1 Å². The third-order valence-electron chi connectivity index (χ3n) is 5.13. The number of hydrogen-bond acceptors (Lipinski definition) is 7. The van der Waals surface area contributed by atoms with E-state index in [2.05, 4.69) is 27.7 Å². The van der Waals surface area contributed by atoms with Crippen LogP contribution in [0.1, 0.15) is 53.4 Å². The van der Waals surface area contributed by atoms with E-state index in [4.69, 9.17) is 0 Å². The van der Waals surface area contributed by atoms with Crippen molar-refractivity contribution in [2.24, 2.45) is 10.8 Å². The van der Waals surface area contributed by atoms with Gasteiger partial charge >= 0.3 is 0 Å². The topological polar surface area (TPSA) is 86.6 Å². The van der Waals surface area contributed by atoms with E-state index < -0.39 is 42.9 Å². The van der Waals surface area contributed by atoms with Gasteiger partial charge in [-0.2, -0.15) is 11.8 Å². The van der Waals surface area contributed by atoms with E-state index in [9.17, 15) is 20.0 Å². The fourth-order valence-electron chi connectivity index (χ4n) is 3.26. The summed E-state index contributed by atoms with van der Waals surface area (Å²) < 4.78 is 0. The van der Waals surface area contributed by atoms with E-state index in [1.807, 2.05) is 11.8 Å². The molecule has 6 atom stereocenters. The first-order chi connectivity index (χ1) is 13.5. The molecule has 11 heteroatoms. The zero-order valence-corrected chi connectivity index (χ0v) is 23.7. The molecule has 0 aromatic heterocycles. The maximum atomic E-state index is 12.5. The van der Waals surface area contributed by atoms with Gasteiger partial charge in [0.15, 0.2) is 0 Å². The van der Waals surface area contributed by atoms with Gasteiger partial charge in [0, 0.05) is 23.0 Å². The van der Waals surface area contributed by atoms with Crippen LogP contribution in [-0.4, -0.2) is 56.4 Å². The molecule has 6 unspecified atom stereocenters. The maximum absolute atomic E-state index is 12.5. The summed E-state index contributed by atoms with van der Waals surface area (Å²) in [5, 5.41) is 21.0. The highest BCUT2D eigenvalue weighted by Crippen LogP contribution is 2.43. The maximum Gasteiger partial charge on any atom is 0.140 e. The fraction of sp³-hybridized carbons (Fsp3) is 1.00. The van der Waals surface area contributed by atoms with Crippen LogP contribution in [0.3, 0.4) is 0 Å². The Bertz CT molecular complexity index is 575. The highest BCUT2D eigenvalue weighted by Gasteiger charge is 2.33. The summed E-state index contributed by atoms with van der Waals surface area (Å²) in [7, 11) is 2.53. The van der Waals surface area contributed by atoms with Crippen LogP contribution in [0.25, 0.3) is 0 Å². The summed E-state index contributed by atoms with van der Waals surface area (Å²) in [5.41, 5.74) is -0.725. The van der Waals surface area contributed by atoms with Gasteiger partial charge in [0.2, 0.25) is 0 Å². The summed E-state index contributed by atoms with van der Waals surface area (Å²) >= 11 is 1.86. The Kier molecular flexibility index (Phi) is 11.9. The molecule has 2 rings (SSSR count). The highest BCUT2D eigenvalue weighted by atomic mass is 33.2. The van der Waals surface area contributed by atoms with Gasteiger partial charge in [-0.3, -0.25) is 0 Å². The number of aliphatic hydroxyl groups excluding tert-OH is 2. The van der Waals surface area contributed by atoms with Crippen LogP contribution in [0.2, 0.25) is 0 Å². The van der Waals surface area contributed by atoms with E-state index >= 15 is 0 Å². The molecule has 172 valence electrons. The lowest BCUT2D eigenvalue weighted by molar-refractivity contribution is -0.153. The molecule has 0 amide bonds. The highest BCUT2D eigenvalue weighted by molar-refractivity contribution is 8.81. The molecule has 2 heterocycles. The number of thioether (sulfide) groups is 1. The molecule has 2 N–H and O–H groups in total. The van der Waals surface area contributed by atoms with Crippen LogP contribution in [0.5, 0.6) is 0 Å². The molecular weight excluding hydrogens is 502 g/mol. The second-order valence-corrected chi connectivity index (χ2v) is 25.9. The SMILES string of the molecule is CC1(C)CC[P+]([O-])=S(SCCSCCSS2=[P+]([O-])CCC(C)(C)CC2O)C(O)C1. The second-order valence-electron chi connectivity index (χ2n) is 9.07. The minimum atomic E-state index is -1.32. The lowest BCUT2D eigenvalue weighted by Gasteiger charge is -2.23. The Balaban J connectivity index is 1.68. The molecule has 0 aromatic rings. The Labute approximate surface area is 194 Å².